The van der Waals surface area contributed by atoms with Gasteiger partial charge in [0.1, 0.15) is 0 Å². The van der Waals surface area contributed by atoms with E-state index in [0.29, 0.717) is 0 Å². The molecule has 1 aliphatic carbocycles. The van der Waals surface area contributed by atoms with Crippen LogP contribution in [-0.4, -0.2) is 6.54 Å². The predicted molar refractivity (Wildman–Crippen MR) is 74.6 cm³/mol. The van der Waals surface area contributed by atoms with Crippen molar-refractivity contribution in [1.82, 2.24) is 0 Å². The maximum Gasteiger partial charge on any atom is 0.00810 e. The molecule has 0 heterocycles. The minimum Gasteiger partial charge on any atom is -0.330 e. The highest BCUT2D eigenvalue weighted by molar-refractivity contribution is 5.48. The predicted octanol–water partition coefficient (Wildman–Crippen LogP) is 3.69. The van der Waals surface area contributed by atoms with Crippen LogP contribution in [0.15, 0.2) is 6.07 Å². The van der Waals surface area contributed by atoms with Gasteiger partial charge >= 0.3 is 0 Å². The molecule has 0 aliphatic heterocycles. The lowest BCUT2D eigenvalue weighted by atomic mass is 9.73. The van der Waals surface area contributed by atoms with Gasteiger partial charge < -0.3 is 5.73 Å². The lowest BCUT2D eigenvalue weighted by molar-refractivity contribution is 0.447. The van der Waals surface area contributed by atoms with Crippen molar-refractivity contribution < 1.29 is 0 Å². The number of nitrogens with two attached hydrogens (primary N) is 1. The third-order valence-corrected chi connectivity index (χ3v) is 4.85. The number of hydrogen-bond donors (Lipinski definition) is 1. The molecule has 2 N–H and O–H groups in total. The Morgan fingerprint density at radius 1 is 1.00 bits per heavy atom. The van der Waals surface area contributed by atoms with Gasteiger partial charge in [0.15, 0.2) is 0 Å². The van der Waals surface area contributed by atoms with Gasteiger partial charge in [-0.1, -0.05) is 18.9 Å². The normalized spacial score (nSPS) is 18.6. The highest BCUT2D eigenvalue weighted by Crippen LogP contribution is 2.44. The summed E-state index contributed by atoms with van der Waals surface area (Å²) in [5.41, 5.74) is 13.8. The highest BCUT2D eigenvalue weighted by atomic mass is 14.6. The quantitative estimate of drug-likeness (QED) is 0.825. The molecule has 1 aromatic carbocycles. The van der Waals surface area contributed by atoms with Gasteiger partial charge in [-0.15, -0.1) is 0 Å². The van der Waals surface area contributed by atoms with E-state index in [-0.39, 0.29) is 5.41 Å². The summed E-state index contributed by atoms with van der Waals surface area (Å²) in [6, 6.07) is 2.31. The average molecular weight is 231 g/mol. The molecule has 1 aliphatic rings. The van der Waals surface area contributed by atoms with Crippen molar-refractivity contribution >= 4 is 0 Å². The van der Waals surface area contributed by atoms with Gasteiger partial charge in [-0.05, 0) is 68.4 Å². The second-order valence-corrected chi connectivity index (χ2v) is 5.83. The number of hydrogen-bond acceptors (Lipinski definition) is 1. The maximum absolute atomic E-state index is 6.14. The topological polar surface area (TPSA) is 26.0 Å². The van der Waals surface area contributed by atoms with Crippen LogP contribution in [0.3, 0.4) is 0 Å². The van der Waals surface area contributed by atoms with Crippen LogP contribution < -0.4 is 5.73 Å². The van der Waals surface area contributed by atoms with E-state index in [0.717, 1.165) is 6.54 Å². The lowest BCUT2D eigenvalue weighted by Crippen LogP contribution is -2.34. The van der Waals surface area contributed by atoms with E-state index in [1.54, 1.807) is 5.56 Å². The zero-order valence-corrected chi connectivity index (χ0v) is 11.7. The van der Waals surface area contributed by atoms with Gasteiger partial charge in [0, 0.05) is 12.0 Å². The summed E-state index contributed by atoms with van der Waals surface area (Å²) in [5, 5.41) is 0. The smallest absolute Gasteiger partial charge is 0.00810 e. The fourth-order valence-electron chi connectivity index (χ4n) is 3.62. The summed E-state index contributed by atoms with van der Waals surface area (Å²) < 4.78 is 0. The Morgan fingerprint density at radius 3 is 1.88 bits per heavy atom. The monoisotopic (exact) mass is 231 g/mol. The molecular weight excluding hydrogens is 206 g/mol. The molecule has 0 atom stereocenters. The first-order valence-electron chi connectivity index (χ1n) is 6.80. The molecule has 1 saturated carbocycles. The standard InChI is InChI=1S/C16H25N/c1-11-9-12(2)14(4)15(13(11)3)16(10-17)7-5-6-8-16/h9H,5-8,10,17H2,1-4H3. The zero-order valence-electron chi connectivity index (χ0n) is 11.7. The minimum atomic E-state index is 0.269. The lowest BCUT2D eigenvalue weighted by Gasteiger charge is -2.33. The van der Waals surface area contributed by atoms with Crippen molar-refractivity contribution in [2.45, 2.75) is 58.8 Å². The van der Waals surface area contributed by atoms with E-state index >= 15 is 0 Å². The van der Waals surface area contributed by atoms with Crippen molar-refractivity contribution in [3.8, 4) is 0 Å². The van der Waals surface area contributed by atoms with Crippen LogP contribution in [0.25, 0.3) is 0 Å². The average Bonchev–Trinajstić information content (AvgIpc) is 2.77. The molecule has 1 nitrogen and oxygen atoms in total. The van der Waals surface area contributed by atoms with Crippen molar-refractivity contribution in [1.29, 1.82) is 0 Å². The largest absolute Gasteiger partial charge is 0.330 e. The van der Waals surface area contributed by atoms with Crippen LogP contribution >= 0.6 is 0 Å². The molecule has 2 rings (SSSR count). The van der Waals surface area contributed by atoms with Crippen LogP contribution in [0.2, 0.25) is 0 Å². The molecule has 0 aromatic heterocycles. The Labute approximate surface area is 105 Å². The van der Waals surface area contributed by atoms with Gasteiger partial charge in [-0.3, -0.25) is 0 Å². The van der Waals surface area contributed by atoms with Crippen LogP contribution in [0.5, 0.6) is 0 Å². The molecule has 1 heteroatoms. The zero-order chi connectivity index (χ0) is 12.6. The second-order valence-electron chi connectivity index (χ2n) is 5.83. The molecule has 0 radical (unpaired) electrons. The first-order valence-corrected chi connectivity index (χ1v) is 6.80. The van der Waals surface area contributed by atoms with Gasteiger partial charge in [-0.25, -0.2) is 0 Å². The molecule has 1 aromatic rings. The summed E-state index contributed by atoms with van der Waals surface area (Å²) in [5.74, 6) is 0. The number of rotatable bonds is 2. The molecule has 94 valence electrons. The van der Waals surface area contributed by atoms with Crippen LogP contribution in [0.4, 0.5) is 0 Å². The third kappa shape index (κ3) is 1.91. The van der Waals surface area contributed by atoms with E-state index < -0.39 is 0 Å². The Bertz CT molecular complexity index is 399. The van der Waals surface area contributed by atoms with Crippen LogP contribution in [0.1, 0.15) is 53.5 Å². The van der Waals surface area contributed by atoms with E-state index in [4.69, 9.17) is 5.73 Å². The number of benzene rings is 1. The summed E-state index contributed by atoms with van der Waals surface area (Å²) in [6.07, 6.45) is 5.22. The van der Waals surface area contributed by atoms with Crippen molar-refractivity contribution in [3.63, 3.8) is 0 Å². The second kappa shape index (κ2) is 4.45. The molecular formula is C16H25N. The van der Waals surface area contributed by atoms with Crippen molar-refractivity contribution in [2.75, 3.05) is 6.54 Å². The Kier molecular flexibility index (Phi) is 3.31. The first kappa shape index (κ1) is 12.6. The molecule has 0 amide bonds. The molecule has 17 heavy (non-hydrogen) atoms. The molecule has 0 unspecified atom stereocenters. The molecule has 0 spiro atoms. The van der Waals surface area contributed by atoms with E-state index in [9.17, 15) is 0 Å². The fourth-order valence-corrected chi connectivity index (χ4v) is 3.62. The van der Waals surface area contributed by atoms with Crippen molar-refractivity contribution in [2.24, 2.45) is 5.73 Å². The highest BCUT2D eigenvalue weighted by Gasteiger charge is 2.37. The Hall–Kier alpha value is -0.820. The summed E-state index contributed by atoms with van der Waals surface area (Å²) in [4.78, 5) is 0. The minimum absolute atomic E-state index is 0.269. The van der Waals surface area contributed by atoms with Crippen LogP contribution in [0, 0.1) is 27.7 Å². The summed E-state index contributed by atoms with van der Waals surface area (Å²) >= 11 is 0. The van der Waals surface area contributed by atoms with E-state index in [2.05, 4.69) is 33.8 Å². The van der Waals surface area contributed by atoms with E-state index in [1.165, 1.54) is 47.9 Å². The number of aryl methyl sites for hydroxylation is 2. The van der Waals surface area contributed by atoms with Crippen molar-refractivity contribution in [3.05, 3.63) is 33.9 Å². The Morgan fingerprint density at radius 2 is 1.47 bits per heavy atom. The Balaban J connectivity index is 2.65. The first-order chi connectivity index (χ1) is 8.02. The molecule has 0 saturated heterocycles. The van der Waals surface area contributed by atoms with Gasteiger partial charge in [0.25, 0.3) is 0 Å². The van der Waals surface area contributed by atoms with Gasteiger partial charge in [0.05, 0.1) is 0 Å². The SMILES string of the molecule is Cc1cc(C)c(C)c(C2(CN)CCCC2)c1C. The van der Waals surface area contributed by atoms with Gasteiger partial charge in [-0.2, -0.15) is 0 Å². The fraction of sp³-hybridized carbons (Fsp3) is 0.625. The summed E-state index contributed by atoms with van der Waals surface area (Å²) in [7, 11) is 0. The van der Waals surface area contributed by atoms with E-state index in [1.807, 2.05) is 0 Å². The molecule has 1 fully saturated rings. The summed E-state index contributed by atoms with van der Waals surface area (Å²) in [6.45, 7) is 9.80. The van der Waals surface area contributed by atoms with Crippen LogP contribution in [-0.2, 0) is 5.41 Å². The maximum atomic E-state index is 6.14. The van der Waals surface area contributed by atoms with Gasteiger partial charge in [0.2, 0.25) is 0 Å². The molecule has 0 bridgehead atoms. The third-order valence-electron chi connectivity index (χ3n) is 4.85.